The molecule has 2 rings (SSSR count). The lowest BCUT2D eigenvalue weighted by Crippen LogP contribution is -2.19. The van der Waals surface area contributed by atoms with Crippen molar-refractivity contribution >= 4 is 11.6 Å². The monoisotopic (exact) mass is 299 g/mol. The number of halogens is 4. The summed E-state index contributed by atoms with van der Waals surface area (Å²) in [5.41, 5.74) is 1.60. The van der Waals surface area contributed by atoms with E-state index in [1.807, 2.05) is 6.92 Å². The molecule has 0 aromatic heterocycles. The predicted octanol–water partition coefficient (Wildman–Crippen LogP) is 4.37. The lowest BCUT2D eigenvalue weighted by molar-refractivity contribution is 0.483. The van der Waals surface area contributed by atoms with E-state index in [0.717, 1.165) is 17.2 Å². The second kappa shape index (κ2) is 5.85. The molecular formula is C15H13ClF3N. The van der Waals surface area contributed by atoms with Gasteiger partial charge in [-0.25, -0.2) is 13.2 Å². The van der Waals surface area contributed by atoms with Crippen molar-refractivity contribution in [2.45, 2.75) is 13.0 Å². The van der Waals surface area contributed by atoms with Gasteiger partial charge in [-0.3, -0.25) is 0 Å². The number of nitrogens with one attached hydrogen (secondary N) is 1. The van der Waals surface area contributed by atoms with Gasteiger partial charge in [-0.2, -0.15) is 0 Å². The smallest absolute Gasteiger partial charge is 0.161 e. The molecule has 0 fully saturated rings. The molecule has 2 aromatic carbocycles. The van der Waals surface area contributed by atoms with Crippen LogP contribution in [-0.2, 0) is 0 Å². The van der Waals surface area contributed by atoms with Gasteiger partial charge in [0.15, 0.2) is 11.6 Å². The van der Waals surface area contributed by atoms with Crippen molar-refractivity contribution in [3.63, 3.8) is 0 Å². The van der Waals surface area contributed by atoms with Gasteiger partial charge in [0.2, 0.25) is 0 Å². The van der Waals surface area contributed by atoms with E-state index in [1.54, 1.807) is 25.2 Å². The summed E-state index contributed by atoms with van der Waals surface area (Å²) in [5, 5.41) is 3.49. The zero-order chi connectivity index (χ0) is 14.9. The summed E-state index contributed by atoms with van der Waals surface area (Å²) in [6.07, 6.45) is 0. The zero-order valence-electron chi connectivity index (χ0n) is 11.0. The first-order chi connectivity index (χ1) is 9.43. The molecule has 0 radical (unpaired) electrons. The predicted molar refractivity (Wildman–Crippen MR) is 73.4 cm³/mol. The van der Waals surface area contributed by atoms with Crippen molar-refractivity contribution in [3.05, 3.63) is 69.5 Å². The summed E-state index contributed by atoms with van der Waals surface area (Å²) in [6.45, 7) is 1.82. The van der Waals surface area contributed by atoms with E-state index >= 15 is 0 Å². The van der Waals surface area contributed by atoms with Crippen LogP contribution in [0.3, 0.4) is 0 Å². The van der Waals surface area contributed by atoms with Crippen LogP contribution in [0.25, 0.3) is 0 Å². The Morgan fingerprint density at radius 2 is 1.65 bits per heavy atom. The van der Waals surface area contributed by atoms with Gasteiger partial charge in [0.25, 0.3) is 0 Å². The maximum absolute atomic E-state index is 13.9. The Morgan fingerprint density at radius 3 is 2.25 bits per heavy atom. The molecule has 0 amide bonds. The van der Waals surface area contributed by atoms with Crippen molar-refractivity contribution in [1.82, 2.24) is 5.32 Å². The zero-order valence-corrected chi connectivity index (χ0v) is 11.7. The van der Waals surface area contributed by atoms with Gasteiger partial charge in [0, 0.05) is 16.7 Å². The highest BCUT2D eigenvalue weighted by atomic mass is 35.5. The van der Waals surface area contributed by atoms with Crippen LogP contribution in [0.2, 0.25) is 5.02 Å². The van der Waals surface area contributed by atoms with Crippen LogP contribution >= 0.6 is 11.6 Å². The lowest BCUT2D eigenvalue weighted by atomic mass is 9.97. The van der Waals surface area contributed by atoms with Gasteiger partial charge in [-0.1, -0.05) is 23.7 Å². The fourth-order valence-corrected chi connectivity index (χ4v) is 2.23. The van der Waals surface area contributed by atoms with Gasteiger partial charge in [-0.15, -0.1) is 0 Å². The number of benzene rings is 2. The fraction of sp³-hybridized carbons (Fsp3) is 0.200. The maximum Gasteiger partial charge on any atom is 0.161 e. The second-order valence-electron chi connectivity index (χ2n) is 4.52. The van der Waals surface area contributed by atoms with Crippen LogP contribution in [0, 0.1) is 24.4 Å². The Kier molecular flexibility index (Phi) is 4.35. The first-order valence-electron chi connectivity index (χ1n) is 6.01. The van der Waals surface area contributed by atoms with Gasteiger partial charge < -0.3 is 5.32 Å². The van der Waals surface area contributed by atoms with E-state index in [9.17, 15) is 13.2 Å². The van der Waals surface area contributed by atoms with Crippen LogP contribution in [-0.4, -0.2) is 7.05 Å². The van der Waals surface area contributed by atoms with Crippen molar-refractivity contribution in [2.24, 2.45) is 0 Å². The number of rotatable bonds is 3. The van der Waals surface area contributed by atoms with Gasteiger partial charge in [0.05, 0.1) is 6.04 Å². The van der Waals surface area contributed by atoms with E-state index in [2.05, 4.69) is 5.32 Å². The fourth-order valence-electron chi connectivity index (χ4n) is 2.11. The molecule has 0 saturated heterocycles. The second-order valence-corrected chi connectivity index (χ2v) is 4.93. The van der Waals surface area contributed by atoms with Crippen LogP contribution in [0.15, 0.2) is 30.3 Å². The molecule has 0 bridgehead atoms. The third-order valence-corrected chi connectivity index (χ3v) is 3.58. The van der Waals surface area contributed by atoms with Crippen LogP contribution in [0.1, 0.15) is 22.7 Å². The summed E-state index contributed by atoms with van der Waals surface area (Å²) in [7, 11) is 1.62. The highest BCUT2D eigenvalue weighted by Gasteiger charge is 2.19. The molecule has 1 atom stereocenters. The van der Waals surface area contributed by atoms with Crippen molar-refractivity contribution in [3.8, 4) is 0 Å². The summed E-state index contributed by atoms with van der Waals surface area (Å²) in [5.74, 6) is -3.07. The minimum Gasteiger partial charge on any atom is -0.309 e. The maximum atomic E-state index is 13.9. The van der Waals surface area contributed by atoms with E-state index in [1.165, 1.54) is 0 Å². The Balaban J connectivity index is 2.52. The molecule has 106 valence electrons. The minimum atomic E-state index is -1.20. The molecule has 0 aliphatic heterocycles. The SMILES string of the molecule is CNC(c1ccc(Cl)c(C)c1)c1cc(F)c(F)cc1F. The molecule has 1 unspecified atom stereocenters. The molecule has 1 N–H and O–H groups in total. The van der Waals surface area contributed by atoms with Gasteiger partial charge >= 0.3 is 0 Å². The molecule has 0 heterocycles. The Bertz CT molecular complexity index is 643. The number of aryl methyl sites for hydroxylation is 1. The van der Waals surface area contributed by atoms with Crippen molar-refractivity contribution in [1.29, 1.82) is 0 Å². The highest BCUT2D eigenvalue weighted by Crippen LogP contribution is 2.28. The average molecular weight is 300 g/mol. The Hall–Kier alpha value is -1.52. The molecule has 0 saturated carbocycles. The minimum absolute atomic E-state index is 0.0492. The highest BCUT2D eigenvalue weighted by molar-refractivity contribution is 6.31. The van der Waals surface area contributed by atoms with E-state index in [4.69, 9.17) is 11.6 Å². The summed E-state index contributed by atoms with van der Waals surface area (Å²) >= 11 is 5.95. The average Bonchev–Trinajstić information content (AvgIpc) is 2.40. The lowest BCUT2D eigenvalue weighted by Gasteiger charge is -2.19. The van der Waals surface area contributed by atoms with Gasteiger partial charge in [0.1, 0.15) is 5.82 Å². The Morgan fingerprint density at radius 1 is 1.00 bits per heavy atom. The molecule has 20 heavy (non-hydrogen) atoms. The Labute approximate surface area is 120 Å². The first kappa shape index (κ1) is 14.9. The third kappa shape index (κ3) is 2.81. The number of hydrogen-bond acceptors (Lipinski definition) is 1. The standard InChI is InChI=1S/C15H13ClF3N/c1-8-5-9(3-4-11(8)16)15(20-2)10-6-13(18)14(19)7-12(10)17/h3-7,15,20H,1-2H3. The van der Waals surface area contributed by atoms with E-state index in [-0.39, 0.29) is 5.56 Å². The van der Waals surface area contributed by atoms with E-state index in [0.29, 0.717) is 11.1 Å². The third-order valence-electron chi connectivity index (χ3n) is 3.15. The molecule has 5 heteroatoms. The molecule has 2 aromatic rings. The molecule has 1 nitrogen and oxygen atoms in total. The largest absolute Gasteiger partial charge is 0.309 e. The molecule has 0 aliphatic carbocycles. The van der Waals surface area contributed by atoms with E-state index < -0.39 is 23.5 Å². The van der Waals surface area contributed by atoms with Crippen LogP contribution in [0.5, 0.6) is 0 Å². The molecule has 0 aliphatic rings. The van der Waals surface area contributed by atoms with Crippen LogP contribution < -0.4 is 5.32 Å². The van der Waals surface area contributed by atoms with Crippen molar-refractivity contribution < 1.29 is 13.2 Å². The molecule has 0 spiro atoms. The quantitative estimate of drug-likeness (QED) is 0.830. The summed E-state index contributed by atoms with van der Waals surface area (Å²) in [4.78, 5) is 0. The van der Waals surface area contributed by atoms with Crippen molar-refractivity contribution in [2.75, 3.05) is 7.05 Å². The van der Waals surface area contributed by atoms with Crippen LogP contribution in [0.4, 0.5) is 13.2 Å². The van der Waals surface area contributed by atoms with Gasteiger partial charge in [-0.05, 0) is 37.2 Å². The summed E-state index contributed by atoms with van der Waals surface area (Å²) < 4.78 is 40.2. The molecular weight excluding hydrogens is 287 g/mol. The topological polar surface area (TPSA) is 12.0 Å². The normalized spacial score (nSPS) is 12.5. The summed E-state index contributed by atoms with van der Waals surface area (Å²) in [6, 6.07) is 6.03. The number of hydrogen-bond donors (Lipinski definition) is 1. The first-order valence-corrected chi connectivity index (χ1v) is 6.39.